The number of hydrogen-bond acceptors (Lipinski definition) is 4. The zero-order chi connectivity index (χ0) is 13.9. The highest BCUT2D eigenvalue weighted by Crippen LogP contribution is 2.27. The van der Waals surface area contributed by atoms with Gasteiger partial charge in [0.1, 0.15) is 11.9 Å². The SMILES string of the molecule is N#Cc1cc2ccccc2nc1N1CCC(CO)CC1. The average Bonchev–Trinajstić information content (AvgIpc) is 2.53. The van der Waals surface area contributed by atoms with Crippen molar-refractivity contribution in [2.75, 3.05) is 24.6 Å². The summed E-state index contributed by atoms with van der Waals surface area (Å²) < 4.78 is 0. The van der Waals surface area contributed by atoms with Crippen LogP contribution < -0.4 is 4.90 Å². The van der Waals surface area contributed by atoms with Crippen LogP contribution >= 0.6 is 0 Å². The lowest BCUT2D eigenvalue weighted by Crippen LogP contribution is -2.35. The number of pyridine rings is 1. The Labute approximate surface area is 118 Å². The van der Waals surface area contributed by atoms with Crippen LogP contribution in [0.4, 0.5) is 5.82 Å². The Bertz CT molecular complexity index is 654. The zero-order valence-corrected chi connectivity index (χ0v) is 11.3. The molecule has 1 aromatic carbocycles. The number of aliphatic hydroxyl groups is 1. The molecule has 3 rings (SSSR count). The summed E-state index contributed by atoms with van der Waals surface area (Å²) >= 11 is 0. The monoisotopic (exact) mass is 267 g/mol. The maximum absolute atomic E-state index is 9.35. The molecular weight excluding hydrogens is 250 g/mol. The van der Waals surface area contributed by atoms with Crippen molar-refractivity contribution in [3.63, 3.8) is 0 Å². The molecule has 0 unspecified atom stereocenters. The Hall–Kier alpha value is -2.12. The molecule has 0 bridgehead atoms. The predicted molar refractivity (Wildman–Crippen MR) is 78.5 cm³/mol. The predicted octanol–water partition coefficient (Wildman–Crippen LogP) is 2.32. The quantitative estimate of drug-likeness (QED) is 0.907. The number of nitriles is 1. The number of fused-ring (bicyclic) bond motifs is 1. The van der Waals surface area contributed by atoms with Gasteiger partial charge in [0.2, 0.25) is 0 Å². The van der Waals surface area contributed by atoms with E-state index in [0.29, 0.717) is 11.5 Å². The van der Waals surface area contributed by atoms with Gasteiger partial charge in [-0.2, -0.15) is 5.26 Å². The van der Waals surface area contributed by atoms with E-state index >= 15 is 0 Å². The Morgan fingerprint density at radius 2 is 2.05 bits per heavy atom. The average molecular weight is 267 g/mol. The molecule has 20 heavy (non-hydrogen) atoms. The van der Waals surface area contributed by atoms with E-state index in [4.69, 9.17) is 0 Å². The van der Waals surface area contributed by atoms with Crippen molar-refractivity contribution < 1.29 is 5.11 Å². The summed E-state index contributed by atoms with van der Waals surface area (Å²) in [7, 11) is 0. The second-order valence-corrected chi connectivity index (χ2v) is 5.28. The fourth-order valence-corrected chi connectivity index (χ4v) is 2.76. The van der Waals surface area contributed by atoms with Crippen molar-refractivity contribution in [3.8, 4) is 6.07 Å². The van der Waals surface area contributed by atoms with Gasteiger partial charge in [-0.05, 0) is 30.9 Å². The topological polar surface area (TPSA) is 60.2 Å². The Morgan fingerprint density at radius 1 is 1.30 bits per heavy atom. The molecule has 0 atom stereocenters. The fourth-order valence-electron chi connectivity index (χ4n) is 2.76. The van der Waals surface area contributed by atoms with E-state index in [1.54, 1.807) is 0 Å². The summed E-state index contributed by atoms with van der Waals surface area (Å²) in [6.07, 6.45) is 1.91. The Kier molecular flexibility index (Phi) is 3.53. The van der Waals surface area contributed by atoms with Crippen LogP contribution in [-0.4, -0.2) is 29.8 Å². The number of rotatable bonds is 2. The van der Waals surface area contributed by atoms with E-state index in [-0.39, 0.29) is 6.61 Å². The highest BCUT2D eigenvalue weighted by Gasteiger charge is 2.21. The van der Waals surface area contributed by atoms with Gasteiger partial charge in [0.05, 0.1) is 11.1 Å². The molecule has 0 amide bonds. The first-order chi connectivity index (χ1) is 9.81. The minimum absolute atomic E-state index is 0.254. The van der Waals surface area contributed by atoms with Gasteiger partial charge in [-0.25, -0.2) is 4.98 Å². The summed E-state index contributed by atoms with van der Waals surface area (Å²) in [6.45, 7) is 1.96. The van der Waals surface area contributed by atoms with Crippen molar-refractivity contribution in [1.29, 1.82) is 5.26 Å². The smallest absolute Gasteiger partial charge is 0.147 e. The lowest BCUT2D eigenvalue weighted by atomic mass is 9.97. The first-order valence-corrected chi connectivity index (χ1v) is 6.97. The number of hydrogen-bond donors (Lipinski definition) is 1. The van der Waals surface area contributed by atoms with Crippen LogP contribution in [0.2, 0.25) is 0 Å². The van der Waals surface area contributed by atoms with E-state index in [1.165, 1.54) is 0 Å². The van der Waals surface area contributed by atoms with Crippen LogP contribution in [0.3, 0.4) is 0 Å². The van der Waals surface area contributed by atoms with Crippen molar-refractivity contribution in [1.82, 2.24) is 4.98 Å². The number of aliphatic hydroxyl groups excluding tert-OH is 1. The summed E-state index contributed by atoms with van der Waals surface area (Å²) in [6, 6.07) is 12.0. The van der Waals surface area contributed by atoms with Crippen LogP contribution in [0.25, 0.3) is 10.9 Å². The number of piperidine rings is 1. The van der Waals surface area contributed by atoms with Crippen LogP contribution in [0, 0.1) is 17.2 Å². The third kappa shape index (κ3) is 2.33. The minimum atomic E-state index is 0.254. The normalized spacial score (nSPS) is 16.3. The number of para-hydroxylation sites is 1. The first-order valence-electron chi connectivity index (χ1n) is 6.97. The van der Waals surface area contributed by atoms with Gasteiger partial charge in [-0.15, -0.1) is 0 Å². The Morgan fingerprint density at radius 3 is 2.75 bits per heavy atom. The van der Waals surface area contributed by atoms with Crippen LogP contribution in [0.5, 0.6) is 0 Å². The van der Waals surface area contributed by atoms with Crippen molar-refractivity contribution in [2.45, 2.75) is 12.8 Å². The minimum Gasteiger partial charge on any atom is -0.396 e. The van der Waals surface area contributed by atoms with Crippen molar-refractivity contribution >= 4 is 16.7 Å². The lowest BCUT2D eigenvalue weighted by molar-refractivity contribution is 0.203. The molecule has 0 saturated carbocycles. The molecule has 2 aromatic rings. The van der Waals surface area contributed by atoms with Gasteiger partial charge in [-0.3, -0.25) is 0 Å². The molecule has 4 heteroatoms. The standard InChI is InChI=1S/C16H17N3O/c17-10-14-9-13-3-1-2-4-15(13)18-16(14)19-7-5-12(11-20)6-8-19/h1-4,9,12,20H,5-8,11H2. The zero-order valence-electron chi connectivity index (χ0n) is 11.3. The molecule has 1 aliphatic heterocycles. The highest BCUT2D eigenvalue weighted by molar-refractivity contribution is 5.83. The summed E-state index contributed by atoms with van der Waals surface area (Å²) in [5.41, 5.74) is 1.55. The second kappa shape index (κ2) is 5.48. The number of nitrogens with zero attached hydrogens (tertiary/aromatic N) is 3. The molecule has 1 saturated heterocycles. The fraction of sp³-hybridized carbons (Fsp3) is 0.375. The molecule has 1 fully saturated rings. The highest BCUT2D eigenvalue weighted by atomic mass is 16.3. The molecular formula is C16H17N3O. The van der Waals surface area contributed by atoms with E-state index < -0.39 is 0 Å². The molecule has 0 spiro atoms. The van der Waals surface area contributed by atoms with Crippen LogP contribution in [-0.2, 0) is 0 Å². The van der Waals surface area contributed by atoms with Gasteiger partial charge in [0, 0.05) is 25.1 Å². The van der Waals surface area contributed by atoms with Crippen molar-refractivity contribution in [3.05, 3.63) is 35.9 Å². The summed E-state index contributed by atoms with van der Waals surface area (Å²) in [5, 5.41) is 19.6. The van der Waals surface area contributed by atoms with Crippen LogP contribution in [0.15, 0.2) is 30.3 Å². The van der Waals surface area contributed by atoms with E-state index in [9.17, 15) is 10.4 Å². The largest absolute Gasteiger partial charge is 0.396 e. The summed E-state index contributed by atoms with van der Waals surface area (Å²) in [5.74, 6) is 1.17. The molecule has 102 valence electrons. The molecule has 4 nitrogen and oxygen atoms in total. The van der Waals surface area contributed by atoms with Gasteiger partial charge < -0.3 is 10.0 Å². The van der Waals surface area contributed by atoms with Gasteiger partial charge in [-0.1, -0.05) is 18.2 Å². The molecule has 2 heterocycles. The first kappa shape index (κ1) is 12.9. The van der Waals surface area contributed by atoms with Gasteiger partial charge in [0.15, 0.2) is 0 Å². The van der Waals surface area contributed by atoms with E-state index in [0.717, 1.165) is 42.7 Å². The maximum Gasteiger partial charge on any atom is 0.147 e. The molecule has 1 aromatic heterocycles. The number of anilines is 1. The molecule has 0 radical (unpaired) electrons. The van der Waals surface area contributed by atoms with Gasteiger partial charge >= 0.3 is 0 Å². The molecule has 1 N–H and O–H groups in total. The van der Waals surface area contributed by atoms with E-state index in [2.05, 4.69) is 16.0 Å². The van der Waals surface area contributed by atoms with Gasteiger partial charge in [0.25, 0.3) is 0 Å². The molecule has 1 aliphatic rings. The number of aromatic nitrogens is 1. The third-order valence-electron chi connectivity index (χ3n) is 4.00. The molecule has 0 aliphatic carbocycles. The third-order valence-corrected chi connectivity index (χ3v) is 4.00. The lowest BCUT2D eigenvalue weighted by Gasteiger charge is -2.32. The summed E-state index contributed by atoms with van der Waals surface area (Å²) in [4.78, 5) is 6.83. The van der Waals surface area contributed by atoms with Crippen LogP contribution in [0.1, 0.15) is 18.4 Å². The number of benzene rings is 1. The van der Waals surface area contributed by atoms with Crippen molar-refractivity contribution in [2.24, 2.45) is 5.92 Å². The maximum atomic E-state index is 9.35. The Balaban J connectivity index is 1.96. The second-order valence-electron chi connectivity index (χ2n) is 5.28. The van der Waals surface area contributed by atoms with E-state index in [1.807, 2.05) is 30.3 Å².